The lowest BCUT2D eigenvalue weighted by molar-refractivity contribution is -0.127. The van der Waals surface area contributed by atoms with Gasteiger partial charge in [0.05, 0.1) is 17.2 Å². The number of carbonyl (C=O) groups excluding carboxylic acids is 1. The Morgan fingerprint density at radius 1 is 1.07 bits per heavy atom. The predicted octanol–water partition coefficient (Wildman–Crippen LogP) is 5.28. The minimum atomic E-state index is -0.536. The van der Waals surface area contributed by atoms with Crippen LogP contribution in [0.5, 0.6) is 0 Å². The SMILES string of the molecule is Cc1noc(C)c1-c1ccc2c(c1)C(C1CCCCC1)(C1CCCC(O)C1)C(=O)N2. The lowest BCUT2D eigenvalue weighted by Crippen LogP contribution is -2.50. The summed E-state index contributed by atoms with van der Waals surface area (Å²) in [5.41, 5.74) is 4.52. The Morgan fingerprint density at radius 2 is 1.83 bits per heavy atom. The van der Waals surface area contributed by atoms with Gasteiger partial charge in [-0.1, -0.05) is 36.9 Å². The maximum absolute atomic E-state index is 13.8. The third kappa shape index (κ3) is 2.93. The number of nitrogens with one attached hydrogen (secondary N) is 1. The molecule has 5 nitrogen and oxygen atoms in total. The normalized spacial score (nSPS) is 29.6. The van der Waals surface area contributed by atoms with E-state index >= 15 is 0 Å². The summed E-state index contributed by atoms with van der Waals surface area (Å²) < 4.78 is 5.42. The number of hydrogen-bond donors (Lipinski definition) is 2. The van der Waals surface area contributed by atoms with Crippen LogP contribution in [0.25, 0.3) is 11.1 Å². The topological polar surface area (TPSA) is 75.4 Å². The number of fused-ring (bicyclic) bond motifs is 1. The minimum absolute atomic E-state index is 0.152. The number of amides is 1. The largest absolute Gasteiger partial charge is 0.393 e. The number of aromatic nitrogens is 1. The van der Waals surface area contributed by atoms with Crippen molar-refractivity contribution in [2.24, 2.45) is 11.8 Å². The zero-order valence-corrected chi connectivity index (χ0v) is 18.0. The molecule has 2 N–H and O–H groups in total. The standard InChI is InChI=1S/C25H32N2O3/c1-15-23(16(2)30-27-15)17-11-12-22-21(13-17)25(24(29)26-22,18-7-4-3-5-8-18)19-9-6-10-20(28)14-19/h11-13,18-20,28H,3-10,14H2,1-2H3,(H,26,29). The van der Waals surface area contributed by atoms with E-state index in [2.05, 4.69) is 28.7 Å². The molecule has 5 rings (SSSR count). The van der Waals surface area contributed by atoms with Gasteiger partial charge >= 0.3 is 0 Å². The van der Waals surface area contributed by atoms with E-state index in [1.54, 1.807) is 0 Å². The maximum atomic E-state index is 13.8. The van der Waals surface area contributed by atoms with Crippen molar-refractivity contribution in [1.29, 1.82) is 0 Å². The summed E-state index contributed by atoms with van der Waals surface area (Å²) >= 11 is 0. The molecule has 1 amide bonds. The van der Waals surface area contributed by atoms with Crippen molar-refractivity contribution in [3.05, 3.63) is 35.2 Å². The Labute approximate surface area is 178 Å². The first-order valence-electron chi connectivity index (χ1n) is 11.6. The second-order valence-corrected chi connectivity index (χ2v) is 9.63. The molecule has 3 aliphatic rings. The lowest BCUT2D eigenvalue weighted by Gasteiger charge is -2.46. The van der Waals surface area contributed by atoms with Gasteiger partial charge in [0.2, 0.25) is 5.91 Å². The van der Waals surface area contributed by atoms with Crippen molar-refractivity contribution < 1.29 is 14.4 Å². The predicted molar refractivity (Wildman–Crippen MR) is 116 cm³/mol. The summed E-state index contributed by atoms with van der Waals surface area (Å²) in [5, 5.41) is 17.9. The molecular formula is C25H32N2O3. The molecule has 30 heavy (non-hydrogen) atoms. The molecule has 5 heteroatoms. The first-order chi connectivity index (χ1) is 14.5. The minimum Gasteiger partial charge on any atom is -0.393 e. The van der Waals surface area contributed by atoms with E-state index in [4.69, 9.17) is 4.52 Å². The fraction of sp³-hybridized carbons (Fsp3) is 0.600. The third-order valence-electron chi connectivity index (χ3n) is 7.95. The van der Waals surface area contributed by atoms with Crippen molar-refractivity contribution in [2.45, 2.75) is 83.2 Å². The molecule has 2 fully saturated rings. The van der Waals surface area contributed by atoms with Gasteiger partial charge in [0.25, 0.3) is 0 Å². The molecule has 2 aromatic rings. The number of aryl methyl sites for hydroxylation is 2. The van der Waals surface area contributed by atoms with Crippen LogP contribution in [0.15, 0.2) is 22.7 Å². The first kappa shape index (κ1) is 19.8. The van der Waals surface area contributed by atoms with Crippen LogP contribution in [0.3, 0.4) is 0 Å². The molecule has 1 aromatic heterocycles. The van der Waals surface area contributed by atoms with Gasteiger partial charge in [0.1, 0.15) is 5.76 Å². The van der Waals surface area contributed by atoms with Crippen LogP contribution in [-0.4, -0.2) is 22.3 Å². The Balaban J connectivity index is 1.68. The van der Waals surface area contributed by atoms with E-state index in [0.717, 1.165) is 72.4 Å². The number of rotatable bonds is 3. The second-order valence-electron chi connectivity index (χ2n) is 9.63. The van der Waals surface area contributed by atoms with Crippen LogP contribution in [0.4, 0.5) is 5.69 Å². The Bertz CT molecular complexity index is 940. The molecule has 3 atom stereocenters. The number of nitrogens with zero attached hydrogens (tertiary/aromatic N) is 1. The summed E-state index contributed by atoms with van der Waals surface area (Å²) in [7, 11) is 0. The fourth-order valence-corrected chi connectivity index (χ4v) is 6.67. The molecule has 0 saturated heterocycles. The van der Waals surface area contributed by atoms with Gasteiger partial charge in [0, 0.05) is 11.3 Å². The molecule has 0 bridgehead atoms. The molecule has 160 valence electrons. The van der Waals surface area contributed by atoms with E-state index in [1.807, 2.05) is 13.8 Å². The van der Waals surface area contributed by atoms with E-state index in [-0.39, 0.29) is 17.9 Å². The van der Waals surface area contributed by atoms with E-state index < -0.39 is 5.41 Å². The molecule has 0 spiro atoms. The maximum Gasteiger partial charge on any atom is 0.235 e. The molecule has 2 saturated carbocycles. The fourth-order valence-electron chi connectivity index (χ4n) is 6.67. The highest BCUT2D eigenvalue weighted by Crippen LogP contribution is 2.56. The number of aliphatic hydroxyl groups is 1. The van der Waals surface area contributed by atoms with Crippen LogP contribution in [0.1, 0.15) is 74.8 Å². The highest BCUT2D eigenvalue weighted by molar-refractivity contribution is 6.07. The van der Waals surface area contributed by atoms with Gasteiger partial charge in [0.15, 0.2) is 0 Å². The Kier molecular flexibility index (Phi) is 4.97. The zero-order valence-electron chi connectivity index (χ0n) is 18.0. The summed E-state index contributed by atoms with van der Waals surface area (Å²) in [6, 6.07) is 6.34. The van der Waals surface area contributed by atoms with Gasteiger partial charge in [-0.15, -0.1) is 0 Å². The molecule has 1 aromatic carbocycles. The molecule has 0 radical (unpaired) electrons. The van der Waals surface area contributed by atoms with Crippen molar-refractivity contribution in [3.8, 4) is 11.1 Å². The summed E-state index contributed by atoms with van der Waals surface area (Å²) in [6.07, 6.45) is 9.09. The van der Waals surface area contributed by atoms with Gasteiger partial charge in [-0.05, 0) is 81.0 Å². The quantitative estimate of drug-likeness (QED) is 0.724. The van der Waals surface area contributed by atoms with Gasteiger partial charge in [-0.3, -0.25) is 4.79 Å². The average molecular weight is 409 g/mol. The highest BCUT2D eigenvalue weighted by Gasteiger charge is 2.57. The molecule has 2 heterocycles. The smallest absolute Gasteiger partial charge is 0.235 e. The van der Waals surface area contributed by atoms with Crippen LogP contribution >= 0.6 is 0 Å². The van der Waals surface area contributed by atoms with E-state index in [9.17, 15) is 9.90 Å². The van der Waals surface area contributed by atoms with E-state index in [0.29, 0.717) is 5.92 Å². The summed E-state index contributed by atoms with van der Waals surface area (Å²) in [5.74, 6) is 1.48. The zero-order chi connectivity index (χ0) is 20.9. The molecule has 1 aliphatic heterocycles. The Morgan fingerprint density at radius 3 is 2.53 bits per heavy atom. The number of hydrogen-bond acceptors (Lipinski definition) is 4. The summed E-state index contributed by atoms with van der Waals surface area (Å²) in [6.45, 7) is 3.91. The van der Waals surface area contributed by atoms with Crippen molar-refractivity contribution in [2.75, 3.05) is 5.32 Å². The number of benzene rings is 1. The van der Waals surface area contributed by atoms with Crippen LogP contribution < -0.4 is 5.32 Å². The van der Waals surface area contributed by atoms with Crippen LogP contribution in [0, 0.1) is 25.7 Å². The van der Waals surface area contributed by atoms with Gasteiger partial charge in [-0.25, -0.2) is 0 Å². The molecular weight excluding hydrogens is 376 g/mol. The monoisotopic (exact) mass is 408 g/mol. The summed E-state index contributed by atoms with van der Waals surface area (Å²) in [4.78, 5) is 13.8. The van der Waals surface area contributed by atoms with Crippen molar-refractivity contribution in [3.63, 3.8) is 0 Å². The third-order valence-corrected chi connectivity index (χ3v) is 7.95. The van der Waals surface area contributed by atoms with E-state index in [1.165, 1.54) is 19.3 Å². The average Bonchev–Trinajstić information content (AvgIpc) is 3.24. The number of anilines is 1. The first-order valence-corrected chi connectivity index (χ1v) is 11.6. The molecule has 2 aliphatic carbocycles. The van der Waals surface area contributed by atoms with Crippen LogP contribution in [0.2, 0.25) is 0 Å². The lowest BCUT2D eigenvalue weighted by atomic mass is 9.56. The second kappa shape index (κ2) is 7.52. The van der Waals surface area contributed by atoms with Crippen molar-refractivity contribution in [1.82, 2.24) is 5.16 Å². The van der Waals surface area contributed by atoms with Crippen molar-refractivity contribution >= 4 is 11.6 Å². The van der Waals surface area contributed by atoms with Gasteiger partial charge < -0.3 is 14.9 Å². The van der Waals surface area contributed by atoms with Crippen LogP contribution in [-0.2, 0) is 10.2 Å². The number of aliphatic hydroxyl groups excluding tert-OH is 1. The highest BCUT2D eigenvalue weighted by atomic mass is 16.5. The Hall–Kier alpha value is -2.14. The molecule has 3 unspecified atom stereocenters. The van der Waals surface area contributed by atoms with Gasteiger partial charge in [-0.2, -0.15) is 0 Å². The number of carbonyl (C=O) groups is 1.